The largest absolute Gasteiger partial charge is 0.462 e. The molecule has 0 saturated heterocycles. The van der Waals surface area contributed by atoms with Gasteiger partial charge >= 0.3 is 5.97 Å². The monoisotopic (exact) mass is 264 g/mol. The lowest BCUT2D eigenvalue weighted by molar-refractivity contribution is 0.0495. The van der Waals surface area contributed by atoms with Crippen LogP contribution < -0.4 is 5.73 Å². The average molecular weight is 264 g/mol. The molecule has 4 heteroatoms. The molecule has 1 aromatic carbocycles. The number of ether oxygens (including phenoxy) is 1. The molecule has 1 rings (SSSR count). The quantitative estimate of drug-likeness (QED) is 0.445. The van der Waals surface area contributed by atoms with Gasteiger partial charge in [0.25, 0.3) is 0 Å². The van der Waals surface area contributed by atoms with Crippen molar-refractivity contribution in [2.75, 3.05) is 32.0 Å². The normalized spacial score (nSPS) is 10.7. The maximum absolute atomic E-state index is 11.7. The number of benzene rings is 1. The van der Waals surface area contributed by atoms with E-state index in [1.54, 1.807) is 24.3 Å². The first-order chi connectivity index (χ1) is 9.17. The van der Waals surface area contributed by atoms with E-state index in [0.717, 1.165) is 32.5 Å². The molecule has 2 N–H and O–H groups in total. The van der Waals surface area contributed by atoms with Crippen LogP contribution >= 0.6 is 0 Å². The number of hydrogen-bond donors (Lipinski definition) is 1. The number of esters is 1. The van der Waals surface area contributed by atoms with Gasteiger partial charge < -0.3 is 15.4 Å². The van der Waals surface area contributed by atoms with E-state index >= 15 is 0 Å². The lowest BCUT2D eigenvalue weighted by atomic mass is 10.2. The van der Waals surface area contributed by atoms with Crippen LogP contribution in [-0.4, -0.2) is 37.1 Å². The molecule has 0 amide bonds. The van der Waals surface area contributed by atoms with Crippen LogP contribution in [0.25, 0.3) is 0 Å². The number of hydrogen-bond acceptors (Lipinski definition) is 4. The molecule has 0 aliphatic rings. The summed E-state index contributed by atoms with van der Waals surface area (Å²) < 4.78 is 5.22. The van der Waals surface area contributed by atoms with E-state index in [-0.39, 0.29) is 5.97 Å². The number of anilines is 1. The first-order valence-electron chi connectivity index (χ1n) is 6.92. The van der Waals surface area contributed by atoms with E-state index in [2.05, 4.69) is 18.7 Å². The van der Waals surface area contributed by atoms with E-state index < -0.39 is 0 Å². The van der Waals surface area contributed by atoms with Crippen LogP contribution in [0.3, 0.4) is 0 Å². The number of unbranched alkanes of at least 4 members (excludes halogenated alkanes) is 1. The van der Waals surface area contributed by atoms with Gasteiger partial charge in [-0.1, -0.05) is 13.8 Å². The Morgan fingerprint density at radius 1 is 1.16 bits per heavy atom. The number of carbonyl (C=O) groups is 1. The second-order valence-electron chi connectivity index (χ2n) is 4.49. The van der Waals surface area contributed by atoms with Gasteiger partial charge in [0.15, 0.2) is 0 Å². The second-order valence-corrected chi connectivity index (χ2v) is 4.49. The Morgan fingerprint density at radius 3 is 2.37 bits per heavy atom. The topological polar surface area (TPSA) is 55.6 Å². The molecule has 0 fully saturated rings. The van der Waals surface area contributed by atoms with E-state index in [4.69, 9.17) is 10.5 Å². The van der Waals surface area contributed by atoms with Gasteiger partial charge in [0, 0.05) is 5.69 Å². The minimum Gasteiger partial charge on any atom is -0.462 e. The molecule has 1 aromatic rings. The standard InChI is InChI=1S/C15H24N2O2/c1-3-17(4-2)11-5-6-12-19-15(18)13-7-9-14(16)10-8-13/h7-10H,3-6,11-12,16H2,1-2H3. The van der Waals surface area contributed by atoms with Gasteiger partial charge in [-0.2, -0.15) is 0 Å². The van der Waals surface area contributed by atoms with E-state index in [9.17, 15) is 4.79 Å². The first kappa shape index (κ1) is 15.5. The van der Waals surface area contributed by atoms with Crippen molar-refractivity contribution in [1.82, 2.24) is 4.90 Å². The molecular weight excluding hydrogens is 240 g/mol. The fourth-order valence-electron chi connectivity index (χ4n) is 1.84. The van der Waals surface area contributed by atoms with Gasteiger partial charge in [0.05, 0.1) is 12.2 Å². The fraction of sp³-hybridized carbons (Fsp3) is 0.533. The Morgan fingerprint density at radius 2 is 1.79 bits per heavy atom. The van der Waals surface area contributed by atoms with Crippen LogP contribution in [-0.2, 0) is 4.74 Å². The van der Waals surface area contributed by atoms with Crippen molar-refractivity contribution in [2.24, 2.45) is 0 Å². The van der Waals surface area contributed by atoms with Crippen molar-refractivity contribution in [2.45, 2.75) is 26.7 Å². The van der Waals surface area contributed by atoms with Crippen LogP contribution in [0.1, 0.15) is 37.0 Å². The third kappa shape index (κ3) is 5.75. The minimum absolute atomic E-state index is 0.275. The molecule has 0 unspecified atom stereocenters. The highest BCUT2D eigenvalue weighted by Gasteiger charge is 2.06. The van der Waals surface area contributed by atoms with Crippen LogP contribution in [0.15, 0.2) is 24.3 Å². The SMILES string of the molecule is CCN(CC)CCCCOC(=O)c1ccc(N)cc1. The Balaban J connectivity index is 2.19. The molecule has 0 bridgehead atoms. The Kier molecular flexibility index (Phi) is 6.97. The molecule has 0 spiro atoms. The van der Waals surface area contributed by atoms with Crippen molar-refractivity contribution in [3.8, 4) is 0 Å². The van der Waals surface area contributed by atoms with Gasteiger partial charge in [-0.05, 0) is 56.7 Å². The summed E-state index contributed by atoms with van der Waals surface area (Å²) in [5.41, 5.74) is 6.77. The van der Waals surface area contributed by atoms with Crippen molar-refractivity contribution in [3.05, 3.63) is 29.8 Å². The lowest BCUT2D eigenvalue weighted by Crippen LogP contribution is -2.24. The van der Waals surface area contributed by atoms with Crippen molar-refractivity contribution < 1.29 is 9.53 Å². The minimum atomic E-state index is -0.275. The third-order valence-corrected chi connectivity index (χ3v) is 3.14. The third-order valence-electron chi connectivity index (χ3n) is 3.14. The number of nitrogens with two attached hydrogens (primary N) is 1. The molecule has 0 radical (unpaired) electrons. The highest BCUT2D eigenvalue weighted by Crippen LogP contribution is 2.07. The van der Waals surface area contributed by atoms with Gasteiger partial charge in [0.1, 0.15) is 0 Å². The highest BCUT2D eigenvalue weighted by atomic mass is 16.5. The molecule has 0 saturated carbocycles. The van der Waals surface area contributed by atoms with E-state index in [1.807, 2.05) is 0 Å². The molecule has 0 aliphatic heterocycles. The number of nitrogen functional groups attached to an aromatic ring is 1. The second kappa shape index (κ2) is 8.53. The number of carbonyl (C=O) groups excluding carboxylic acids is 1. The van der Waals surface area contributed by atoms with Crippen LogP contribution in [0.4, 0.5) is 5.69 Å². The summed E-state index contributed by atoms with van der Waals surface area (Å²) in [4.78, 5) is 14.1. The van der Waals surface area contributed by atoms with Crippen LogP contribution in [0, 0.1) is 0 Å². The van der Waals surface area contributed by atoms with E-state index in [1.165, 1.54) is 0 Å². The molecule has 0 heterocycles. The summed E-state index contributed by atoms with van der Waals surface area (Å²) in [6, 6.07) is 6.79. The van der Waals surface area contributed by atoms with Gasteiger partial charge in [-0.25, -0.2) is 4.79 Å². The van der Waals surface area contributed by atoms with Crippen LogP contribution in [0.2, 0.25) is 0 Å². The number of rotatable bonds is 8. The summed E-state index contributed by atoms with van der Waals surface area (Å²) in [6.45, 7) is 8.00. The zero-order valence-electron chi connectivity index (χ0n) is 11.9. The average Bonchev–Trinajstić information content (AvgIpc) is 2.43. The van der Waals surface area contributed by atoms with E-state index in [0.29, 0.717) is 17.9 Å². The smallest absolute Gasteiger partial charge is 0.338 e. The Hall–Kier alpha value is -1.55. The zero-order valence-corrected chi connectivity index (χ0v) is 11.9. The molecule has 19 heavy (non-hydrogen) atoms. The predicted octanol–water partition coefficient (Wildman–Crippen LogP) is 2.55. The molecule has 4 nitrogen and oxygen atoms in total. The van der Waals surface area contributed by atoms with Crippen molar-refractivity contribution >= 4 is 11.7 Å². The fourth-order valence-corrected chi connectivity index (χ4v) is 1.84. The summed E-state index contributed by atoms with van der Waals surface area (Å²) in [5, 5.41) is 0. The summed E-state index contributed by atoms with van der Waals surface area (Å²) >= 11 is 0. The molecular formula is C15H24N2O2. The maximum Gasteiger partial charge on any atom is 0.338 e. The lowest BCUT2D eigenvalue weighted by Gasteiger charge is -2.17. The van der Waals surface area contributed by atoms with Gasteiger partial charge in [-0.3, -0.25) is 0 Å². The van der Waals surface area contributed by atoms with Crippen molar-refractivity contribution in [1.29, 1.82) is 0 Å². The maximum atomic E-state index is 11.7. The molecule has 0 atom stereocenters. The zero-order chi connectivity index (χ0) is 14.1. The number of nitrogens with zero attached hydrogens (tertiary/aromatic N) is 1. The summed E-state index contributed by atoms with van der Waals surface area (Å²) in [6.07, 6.45) is 1.95. The Labute approximate surface area is 115 Å². The van der Waals surface area contributed by atoms with Crippen molar-refractivity contribution in [3.63, 3.8) is 0 Å². The van der Waals surface area contributed by atoms with Crippen LogP contribution in [0.5, 0.6) is 0 Å². The summed E-state index contributed by atoms with van der Waals surface area (Å²) in [5.74, 6) is -0.275. The van der Waals surface area contributed by atoms with Gasteiger partial charge in [-0.15, -0.1) is 0 Å². The Bertz CT molecular complexity index is 372. The molecule has 106 valence electrons. The molecule has 0 aromatic heterocycles. The molecule has 0 aliphatic carbocycles. The highest BCUT2D eigenvalue weighted by molar-refractivity contribution is 5.89. The first-order valence-corrected chi connectivity index (χ1v) is 6.92. The summed E-state index contributed by atoms with van der Waals surface area (Å²) in [7, 11) is 0. The predicted molar refractivity (Wildman–Crippen MR) is 78.2 cm³/mol. The van der Waals surface area contributed by atoms with Gasteiger partial charge in [0.2, 0.25) is 0 Å².